The first kappa shape index (κ1) is 13.2. The maximum Gasteiger partial charge on any atom is 0.161 e. The molecule has 0 aromatic heterocycles. The van der Waals surface area contributed by atoms with E-state index in [1.54, 1.807) is 18.2 Å². The van der Waals surface area contributed by atoms with Crippen molar-refractivity contribution in [1.29, 1.82) is 0 Å². The van der Waals surface area contributed by atoms with Crippen LogP contribution in [0.2, 0.25) is 0 Å². The Morgan fingerprint density at radius 1 is 1.17 bits per heavy atom. The Bertz CT molecular complexity index is 391. The Hall–Kier alpha value is -1.26. The van der Waals surface area contributed by atoms with E-state index < -0.39 is 12.2 Å². The molecule has 0 saturated heterocycles. The zero-order valence-corrected chi connectivity index (χ0v) is 10.6. The van der Waals surface area contributed by atoms with Crippen LogP contribution in [0.4, 0.5) is 0 Å². The molecule has 0 bridgehead atoms. The molecule has 0 amide bonds. The number of aliphatic hydroxyl groups excluding tert-OH is 2. The highest BCUT2D eigenvalue weighted by Gasteiger charge is 2.20. The summed E-state index contributed by atoms with van der Waals surface area (Å²) in [6.07, 6.45) is 0.658. The van der Waals surface area contributed by atoms with E-state index in [-0.39, 0.29) is 0 Å². The minimum Gasteiger partial charge on any atom is -0.490 e. The van der Waals surface area contributed by atoms with E-state index >= 15 is 0 Å². The highest BCUT2D eigenvalue weighted by Crippen LogP contribution is 2.33. The first-order valence-corrected chi connectivity index (χ1v) is 6.48. The lowest BCUT2D eigenvalue weighted by molar-refractivity contribution is 0.0129. The van der Waals surface area contributed by atoms with Gasteiger partial charge in [-0.25, -0.2) is 0 Å². The largest absolute Gasteiger partial charge is 0.490 e. The van der Waals surface area contributed by atoms with Gasteiger partial charge in [-0.1, -0.05) is 19.4 Å². The molecule has 4 nitrogen and oxygen atoms in total. The first-order chi connectivity index (χ1) is 8.72. The Kier molecular flexibility index (Phi) is 4.44. The van der Waals surface area contributed by atoms with E-state index in [4.69, 9.17) is 9.47 Å². The van der Waals surface area contributed by atoms with Gasteiger partial charge in [-0.3, -0.25) is 0 Å². The summed E-state index contributed by atoms with van der Waals surface area (Å²) in [6, 6.07) is 5.32. The summed E-state index contributed by atoms with van der Waals surface area (Å²) in [5.41, 5.74) is 0.667. The van der Waals surface area contributed by atoms with Crippen LogP contribution >= 0.6 is 0 Å². The molecule has 100 valence electrons. The average Bonchev–Trinajstić information content (AvgIpc) is 2.62. The molecule has 0 saturated carbocycles. The highest BCUT2D eigenvalue weighted by molar-refractivity contribution is 5.44. The number of hydrogen-bond donors (Lipinski definition) is 2. The van der Waals surface area contributed by atoms with E-state index in [9.17, 15) is 10.2 Å². The number of ether oxygens (including phenoxy) is 2. The molecule has 0 radical (unpaired) electrons. The normalized spacial score (nSPS) is 17.9. The molecule has 1 heterocycles. The molecule has 1 aromatic rings. The van der Waals surface area contributed by atoms with Crippen LogP contribution in [-0.2, 0) is 0 Å². The number of fused-ring (bicyclic) bond motifs is 1. The predicted molar refractivity (Wildman–Crippen MR) is 67.9 cm³/mol. The molecule has 0 fully saturated rings. The average molecular weight is 252 g/mol. The number of hydrogen-bond acceptors (Lipinski definition) is 4. The van der Waals surface area contributed by atoms with Crippen LogP contribution < -0.4 is 9.47 Å². The van der Waals surface area contributed by atoms with Gasteiger partial charge in [0.2, 0.25) is 0 Å². The van der Waals surface area contributed by atoms with Gasteiger partial charge in [0.05, 0.1) is 19.3 Å². The van der Waals surface area contributed by atoms with Crippen molar-refractivity contribution in [2.75, 3.05) is 13.2 Å². The van der Waals surface area contributed by atoms with Gasteiger partial charge in [0.15, 0.2) is 11.5 Å². The van der Waals surface area contributed by atoms with Gasteiger partial charge in [-0.05, 0) is 24.1 Å². The standard InChI is InChI=1S/C14H20O4/c1-2-4-11(15)14(16)10-5-6-12-13(9-10)18-8-3-7-17-12/h5-6,9,11,14-16H,2-4,7-8H2,1H3. The molecule has 2 unspecified atom stereocenters. The summed E-state index contributed by atoms with van der Waals surface area (Å²) >= 11 is 0. The van der Waals surface area contributed by atoms with Crippen molar-refractivity contribution in [2.24, 2.45) is 0 Å². The van der Waals surface area contributed by atoms with Gasteiger partial charge in [-0.2, -0.15) is 0 Å². The fourth-order valence-electron chi connectivity index (χ4n) is 2.04. The van der Waals surface area contributed by atoms with Crippen molar-refractivity contribution in [3.05, 3.63) is 23.8 Å². The molecule has 18 heavy (non-hydrogen) atoms. The molecule has 2 atom stereocenters. The van der Waals surface area contributed by atoms with E-state index in [2.05, 4.69) is 0 Å². The monoisotopic (exact) mass is 252 g/mol. The van der Waals surface area contributed by atoms with Crippen LogP contribution in [0.3, 0.4) is 0 Å². The lowest BCUT2D eigenvalue weighted by Crippen LogP contribution is -2.17. The summed E-state index contributed by atoms with van der Waals surface area (Å²) < 4.78 is 11.1. The topological polar surface area (TPSA) is 58.9 Å². The summed E-state index contributed by atoms with van der Waals surface area (Å²) in [5.74, 6) is 1.35. The van der Waals surface area contributed by atoms with Gasteiger partial charge in [0.25, 0.3) is 0 Å². The molecule has 1 aliphatic rings. The maximum atomic E-state index is 10.0. The Morgan fingerprint density at radius 3 is 2.61 bits per heavy atom. The second-order valence-corrected chi connectivity index (χ2v) is 4.56. The molecule has 0 spiro atoms. The SMILES string of the molecule is CCCC(O)C(O)c1ccc2c(c1)OCCCO2. The lowest BCUT2D eigenvalue weighted by Gasteiger charge is -2.18. The fraction of sp³-hybridized carbons (Fsp3) is 0.571. The zero-order chi connectivity index (χ0) is 13.0. The van der Waals surface area contributed by atoms with E-state index in [1.807, 2.05) is 6.92 Å². The minimum absolute atomic E-state index is 0.579. The van der Waals surface area contributed by atoms with E-state index in [0.29, 0.717) is 36.7 Å². The number of rotatable bonds is 4. The lowest BCUT2D eigenvalue weighted by atomic mass is 10.0. The Morgan fingerprint density at radius 2 is 1.89 bits per heavy atom. The third kappa shape index (κ3) is 2.94. The second-order valence-electron chi connectivity index (χ2n) is 4.56. The van der Waals surface area contributed by atoms with Gasteiger partial charge in [0, 0.05) is 6.42 Å². The van der Waals surface area contributed by atoms with Crippen LogP contribution in [0.5, 0.6) is 11.5 Å². The molecule has 2 rings (SSSR count). The predicted octanol–water partition coefficient (Wildman–Crippen LogP) is 2.04. The second kappa shape index (κ2) is 6.07. The van der Waals surface area contributed by atoms with Crippen LogP contribution in [0.15, 0.2) is 18.2 Å². The van der Waals surface area contributed by atoms with Crippen molar-refractivity contribution < 1.29 is 19.7 Å². The third-order valence-corrected chi connectivity index (χ3v) is 3.06. The number of benzene rings is 1. The maximum absolute atomic E-state index is 10.0. The highest BCUT2D eigenvalue weighted by atomic mass is 16.5. The quantitative estimate of drug-likeness (QED) is 0.861. The van der Waals surface area contributed by atoms with Gasteiger partial charge < -0.3 is 19.7 Å². The minimum atomic E-state index is -0.873. The molecule has 0 aliphatic carbocycles. The smallest absolute Gasteiger partial charge is 0.161 e. The van der Waals surface area contributed by atoms with E-state index in [1.165, 1.54) is 0 Å². The molecular formula is C14H20O4. The number of aliphatic hydroxyl groups is 2. The molecule has 4 heteroatoms. The van der Waals surface area contributed by atoms with E-state index in [0.717, 1.165) is 12.8 Å². The van der Waals surface area contributed by atoms with Gasteiger partial charge in [0.1, 0.15) is 6.10 Å². The van der Waals surface area contributed by atoms with Crippen LogP contribution in [0, 0.1) is 0 Å². The summed E-state index contributed by atoms with van der Waals surface area (Å²) in [5, 5.41) is 19.9. The summed E-state index contributed by atoms with van der Waals surface area (Å²) in [7, 11) is 0. The van der Waals surface area contributed by atoms with Crippen molar-refractivity contribution in [1.82, 2.24) is 0 Å². The molecule has 2 N–H and O–H groups in total. The Balaban J connectivity index is 2.17. The van der Waals surface area contributed by atoms with Crippen LogP contribution in [0.1, 0.15) is 37.9 Å². The summed E-state index contributed by atoms with van der Waals surface area (Å²) in [6.45, 7) is 3.24. The molecular weight excluding hydrogens is 232 g/mol. The first-order valence-electron chi connectivity index (χ1n) is 6.48. The zero-order valence-electron chi connectivity index (χ0n) is 10.6. The fourth-order valence-corrected chi connectivity index (χ4v) is 2.04. The van der Waals surface area contributed by atoms with Gasteiger partial charge >= 0.3 is 0 Å². The van der Waals surface area contributed by atoms with Crippen molar-refractivity contribution in [3.63, 3.8) is 0 Å². The van der Waals surface area contributed by atoms with Crippen molar-refractivity contribution in [2.45, 2.75) is 38.4 Å². The third-order valence-electron chi connectivity index (χ3n) is 3.06. The van der Waals surface area contributed by atoms with Crippen LogP contribution in [-0.4, -0.2) is 29.5 Å². The molecule has 1 aliphatic heterocycles. The summed E-state index contributed by atoms with van der Waals surface area (Å²) in [4.78, 5) is 0. The molecule has 1 aromatic carbocycles. The van der Waals surface area contributed by atoms with Crippen molar-refractivity contribution >= 4 is 0 Å². The van der Waals surface area contributed by atoms with Gasteiger partial charge in [-0.15, -0.1) is 0 Å². The Labute approximate surface area is 107 Å². The van der Waals surface area contributed by atoms with Crippen LogP contribution in [0.25, 0.3) is 0 Å². The van der Waals surface area contributed by atoms with Crippen molar-refractivity contribution in [3.8, 4) is 11.5 Å².